The van der Waals surface area contributed by atoms with Crippen molar-refractivity contribution in [2.75, 3.05) is 46.2 Å². The second kappa shape index (κ2) is 10.5. The Bertz CT molecular complexity index is 202. The molecule has 0 saturated heterocycles. The summed E-state index contributed by atoms with van der Waals surface area (Å²) >= 11 is 0. The van der Waals surface area contributed by atoms with Crippen molar-refractivity contribution < 1.29 is 29.9 Å². The molecule has 0 aliphatic carbocycles. The van der Waals surface area contributed by atoms with Gasteiger partial charge in [0.2, 0.25) is 0 Å². The van der Waals surface area contributed by atoms with Gasteiger partial charge in [0.25, 0.3) is 0 Å². The predicted molar refractivity (Wildman–Crippen MR) is 69.9 cm³/mol. The first kappa shape index (κ1) is 18.7. The van der Waals surface area contributed by atoms with Crippen LogP contribution in [-0.2, 0) is 9.47 Å². The summed E-state index contributed by atoms with van der Waals surface area (Å²) in [6, 6.07) is 0. The van der Waals surface area contributed by atoms with E-state index < -0.39 is 31.5 Å². The van der Waals surface area contributed by atoms with Crippen LogP contribution in [0, 0.1) is 0 Å². The van der Waals surface area contributed by atoms with Gasteiger partial charge in [-0.3, -0.25) is 0 Å². The fraction of sp³-hybridized carbons (Fsp3) is 1.00. The van der Waals surface area contributed by atoms with E-state index >= 15 is 0 Å². The molecule has 0 amide bonds. The molecule has 0 heterocycles. The average Bonchev–Trinajstić information content (AvgIpc) is 2.40. The van der Waals surface area contributed by atoms with Crippen LogP contribution in [0.15, 0.2) is 0 Å². The SMILES string of the molecule is CC(C)OCCOCC(O)CNC(CO)(CO)CO. The van der Waals surface area contributed by atoms with E-state index in [-0.39, 0.29) is 19.3 Å². The predicted octanol–water partition coefficient (Wildman–Crippen LogP) is -1.91. The van der Waals surface area contributed by atoms with Crippen molar-refractivity contribution >= 4 is 0 Å². The van der Waals surface area contributed by atoms with Crippen molar-refractivity contribution in [3.05, 3.63) is 0 Å². The second-order valence-corrected chi connectivity index (χ2v) is 4.78. The van der Waals surface area contributed by atoms with E-state index in [1.807, 2.05) is 13.8 Å². The number of hydrogen-bond donors (Lipinski definition) is 5. The Kier molecular flexibility index (Phi) is 10.3. The fourth-order valence-corrected chi connectivity index (χ4v) is 1.27. The van der Waals surface area contributed by atoms with Crippen molar-refractivity contribution in [1.82, 2.24) is 5.32 Å². The Balaban J connectivity index is 3.71. The summed E-state index contributed by atoms with van der Waals surface area (Å²) in [5.41, 5.74) is -1.18. The Morgan fingerprint density at radius 1 is 1.05 bits per heavy atom. The van der Waals surface area contributed by atoms with Crippen LogP contribution in [0.4, 0.5) is 0 Å². The van der Waals surface area contributed by atoms with Gasteiger partial charge in [-0.15, -0.1) is 0 Å². The molecular weight excluding hydrogens is 254 g/mol. The summed E-state index contributed by atoms with van der Waals surface area (Å²) in [4.78, 5) is 0. The lowest BCUT2D eigenvalue weighted by atomic mass is 10.0. The van der Waals surface area contributed by atoms with Crippen LogP contribution >= 0.6 is 0 Å². The number of ether oxygens (including phenoxy) is 2. The van der Waals surface area contributed by atoms with Crippen molar-refractivity contribution in [3.8, 4) is 0 Å². The minimum Gasteiger partial charge on any atom is -0.394 e. The highest BCUT2D eigenvalue weighted by Gasteiger charge is 2.27. The number of aliphatic hydroxyl groups excluding tert-OH is 4. The van der Waals surface area contributed by atoms with Crippen molar-refractivity contribution in [1.29, 1.82) is 0 Å². The van der Waals surface area contributed by atoms with E-state index in [1.165, 1.54) is 0 Å². The highest BCUT2D eigenvalue weighted by Crippen LogP contribution is 2.01. The van der Waals surface area contributed by atoms with Gasteiger partial charge in [0.1, 0.15) is 0 Å². The monoisotopic (exact) mass is 281 g/mol. The summed E-state index contributed by atoms with van der Waals surface area (Å²) in [5.74, 6) is 0. The maximum absolute atomic E-state index is 9.63. The summed E-state index contributed by atoms with van der Waals surface area (Å²) in [6.45, 7) is 3.67. The number of hydrogen-bond acceptors (Lipinski definition) is 7. The highest BCUT2D eigenvalue weighted by molar-refractivity contribution is 4.86. The molecule has 0 radical (unpaired) electrons. The average molecular weight is 281 g/mol. The van der Waals surface area contributed by atoms with E-state index in [2.05, 4.69) is 5.32 Å². The van der Waals surface area contributed by atoms with Gasteiger partial charge < -0.3 is 35.2 Å². The summed E-state index contributed by atoms with van der Waals surface area (Å²) < 4.78 is 10.5. The van der Waals surface area contributed by atoms with Gasteiger partial charge in [-0.25, -0.2) is 0 Å². The smallest absolute Gasteiger partial charge is 0.0897 e. The van der Waals surface area contributed by atoms with Crippen LogP contribution in [0.5, 0.6) is 0 Å². The fourth-order valence-electron chi connectivity index (χ4n) is 1.27. The molecule has 0 fully saturated rings. The first-order valence-corrected chi connectivity index (χ1v) is 6.44. The van der Waals surface area contributed by atoms with E-state index in [4.69, 9.17) is 24.8 Å². The van der Waals surface area contributed by atoms with Gasteiger partial charge in [-0.05, 0) is 13.8 Å². The topological polar surface area (TPSA) is 111 Å². The Hall–Kier alpha value is -0.280. The summed E-state index contributed by atoms with van der Waals surface area (Å²) in [5, 5.41) is 39.6. The normalized spacial score (nSPS) is 14.1. The molecule has 1 unspecified atom stereocenters. The Morgan fingerprint density at radius 3 is 2.11 bits per heavy atom. The maximum atomic E-state index is 9.63. The molecule has 0 bridgehead atoms. The lowest BCUT2D eigenvalue weighted by Gasteiger charge is -2.29. The molecule has 0 rings (SSSR count). The molecule has 0 aromatic carbocycles. The van der Waals surface area contributed by atoms with Crippen LogP contribution in [0.25, 0.3) is 0 Å². The lowest BCUT2D eigenvalue weighted by Crippen LogP contribution is -2.57. The molecular formula is C12H27NO6. The third kappa shape index (κ3) is 8.48. The van der Waals surface area contributed by atoms with Gasteiger partial charge in [0.15, 0.2) is 0 Å². The zero-order valence-electron chi connectivity index (χ0n) is 11.7. The van der Waals surface area contributed by atoms with Gasteiger partial charge >= 0.3 is 0 Å². The van der Waals surface area contributed by atoms with Gasteiger partial charge in [-0.1, -0.05) is 0 Å². The van der Waals surface area contributed by atoms with E-state index in [9.17, 15) is 5.11 Å². The quantitative estimate of drug-likeness (QED) is 0.266. The molecule has 0 aliphatic rings. The van der Waals surface area contributed by atoms with Crippen LogP contribution in [0.2, 0.25) is 0 Å². The molecule has 0 aliphatic heterocycles. The summed E-state index contributed by atoms with van der Waals surface area (Å²) in [7, 11) is 0. The number of β-amino-alcohol motifs (C(OH)–C–C–N with tert-alkyl or cyclic N) is 1. The molecule has 116 valence electrons. The minimum atomic E-state index is -1.18. The van der Waals surface area contributed by atoms with Crippen LogP contribution in [0.3, 0.4) is 0 Å². The third-order valence-electron chi connectivity index (χ3n) is 2.61. The molecule has 7 heteroatoms. The molecule has 19 heavy (non-hydrogen) atoms. The number of aliphatic hydroxyl groups is 4. The third-order valence-corrected chi connectivity index (χ3v) is 2.61. The molecule has 5 N–H and O–H groups in total. The lowest BCUT2D eigenvalue weighted by molar-refractivity contribution is -0.0176. The largest absolute Gasteiger partial charge is 0.394 e. The minimum absolute atomic E-state index is 0.104. The van der Waals surface area contributed by atoms with E-state index in [1.54, 1.807) is 0 Å². The molecule has 7 nitrogen and oxygen atoms in total. The standard InChI is InChI=1S/C12H27NO6/c1-10(2)19-4-3-18-6-11(17)5-13-12(7-14,8-15)9-16/h10-11,13-17H,3-9H2,1-2H3. The number of rotatable bonds is 12. The van der Waals surface area contributed by atoms with Crippen LogP contribution in [0.1, 0.15) is 13.8 Å². The van der Waals surface area contributed by atoms with Gasteiger partial charge in [0.05, 0.1) is 57.4 Å². The first-order chi connectivity index (χ1) is 8.99. The zero-order chi connectivity index (χ0) is 14.7. The van der Waals surface area contributed by atoms with Crippen molar-refractivity contribution in [2.45, 2.75) is 31.6 Å². The molecule has 0 aromatic heterocycles. The Morgan fingerprint density at radius 2 is 1.63 bits per heavy atom. The highest BCUT2D eigenvalue weighted by atomic mass is 16.5. The summed E-state index contributed by atoms with van der Waals surface area (Å²) in [6.07, 6.45) is -0.641. The second-order valence-electron chi connectivity index (χ2n) is 4.78. The van der Waals surface area contributed by atoms with Crippen molar-refractivity contribution in [3.63, 3.8) is 0 Å². The van der Waals surface area contributed by atoms with Gasteiger partial charge in [-0.2, -0.15) is 0 Å². The molecule has 0 saturated carbocycles. The first-order valence-electron chi connectivity index (χ1n) is 6.44. The van der Waals surface area contributed by atoms with E-state index in [0.29, 0.717) is 13.2 Å². The molecule has 0 spiro atoms. The maximum Gasteiger partial charge on any atom is 0.0897 e. The zero-order valence-corrected chi connectivity index (χ0v) is 11.7. The Labute approximate surface area is 114 Å². The van der Waals surface area contributed by atoms with Crippen LogP contribution < -0.4 is 5.32 Å². The van der Waals surface area contributed by atoms with Crippen molar-refractivity contribution in [2.24, 2.45) is 0 Å². The van der Waals surface area contributed by atoms with E-state index in [0.717, 1.165) is 0 Å². The molecule has 0 aromatic rings. The van der Waals surface area contributed by atoms with Gasteiger partial charge in [0, 0.05) is 6.54 Å². The molecule has 1 atom stereocenters. The number of nitrogens with one attached hydrogen (secondary N) is 1. The van der Waals surface area contributed by atoms with Crippen LogP contribution in [-0.4, -0.2) is 84.4 Å².